The summed E-state index contributed by atoms with van der Waals surface area (Å²) in [6.07, 6.45) is 5.55. The Morgan fingerprint density at radius 1 is 1.18 bits per heavy atom. The number of rotatable bonds is 10. The maximum atomic E-state index is 13.1. The van der Waals surface area contributed by atoms with Crippen molar-refractivity contribution in [2.24, 2.45) is 11.7 Å². The number of primary amides is 1. The normalized spacial score (nSPS) is 20.0. The van der Waals surface area contributed by atoms with Crippen LogP contribution in [0.5, 0.6) is 0 Å². The highest BCUT2D eigenvalue weighted by Gasteiger charge is 2.44. The van der Waals surface area contributed by atoms with E-state index in [1.807, 2.05) is 25.1 Å². The molecule has 1 aromatic carbocycles. The third kappa shape index (κ3) is 7.63. The van der Waals surface area contributed by atoms with Crippen LogP contribution in [-0.4, -0.2) is 61.5 Å². The van der Waals surface area contributed by atoms with Crippen molar-refractivity contribution in [3.05, 3.63) is 41.0 Å². The molecule has 9 nitrogen and oxygen atoms in total. The standard InChI is InChI=1S/C27H39FN4O5S/c1-19-18-24(30-20(2)33)10-9-22(19)11-17-38(36,37)32-15-12-27(13-16-32,26(29)35)31-25(34)23-7-5-21(6-8-23)4-3-14-28/h4,9-10,18,23H,3,5-8,11-17H2,1-2H3,(H2,29,35)(H,30,33)(H,31,34). The average molecular weight is 551 g/mol. The third-order valence-corrected chi connectivity index (χ3v) is 9.51. The zero-order valence-corrected chi connectivity index (χ0v) is 23.0. The summed E-state index contributed by atoms with van der Waals surface area (Å²) in [5.74, 6) is -1.41. The molecule has 1 aliphatic heterocycles. The zero-order valence-electron chi connectivity index (χ0n) is 22.2. The van der Waals surface area contributed by atoms with Crippen LogP contribution in [0.3, 0.4) is 0 Å². The molecule has 4 N–H and O–H groups in total. The van der Waals surface area contributed by atoms with E-state index in [0.717, 1.165) is 29.5 Å². The van der Waals surface area contributed by atoms with Gasteiger partial charge in [0.15, 0.2) is 0 Å². The van der Waals surface area contributed by atoms with E-state index in [0.29, 0.717) is 31.4 Å². The van der Waals surface area contributed by atoms with Gasteiger partial charge in [0.25, 0.3) is 0 Å². The van der Waals surface area contributed by atoms with Gasteiger partial charge in [0.05, 0.1) is 12.4 Å². The van der Waals surface area contributed by atoms with Gasteiger partial charge in [-0.1, -0.05) is 17.7 Å². The number of alkyl halides is 1. The number of sulfonamides is 1. The Kier molecular flexibility index (Phi) is 10.1. The van der Waals surface area contributed by atoms with Crippen molar-refractivity contribution in [2.45, 2.75) is 70.8 Å². The molecule has 0 unspecified atom stereocenters. The lowest BCUT2D eigenvalue weighted by molar-refractivity contribution is -0.135. The van der Waals surface area contributed by atoms with Gasteiger partial charge in [0.1, 0.15) is 5.54 Å². The summed E-state index contributed by atoms with van der Waals surface area (Å²) < 4.78 is 39.9. The molecule has 0 radical (unpaired) electrons. The molecular formula is C27H39FN4O5S. The quantitative estimate of drug-likeness (QED) is 0.385. The molecule has 210 valence electrons. The molecule has 2 aliphatic rings. The Morgan fingerprint density at radius 3 is 2.39 bits per heavy atom. The van der Waals surface area contributed by atoms with E-state index in [2.05, 4.69) is 10.6 Å². The van der Waals surface area contributed by atoms with E-state index in [1.165, 1.54) is 11.2 Å². The van der Waals surface area contributed by atoms with Crippen LogP contribution in [0.2, 0.25) is 0 Å². The molecule has 1 heterocycles. The molecule has 0 spiro atoms. The molecule has 3 rings (SSSR count). The van der Waals surface area contributed by atoms with E-state index in [-0.39, 0.29) is 49.4 Å². The minimum Gasteiger partial charge on any atom is -0.368 e. The highest BCUT2D eigenvalue weighted by atomic mass is 32.2. The number of aryl methyl sites for hydroxylation is 2. The highest BCUT2D eigenvalue weighted by Crippen LogP contribution is 2.31. The van der Waals surface area contributed by atoms with Crippen molar-refractivity contribution in [1.29, 1.82) is 0 Å². The number of benzene rings is 1. The number of anilines is 1. The Balaban J connectivity index is 1.56. The molecule has 0 bridgehead atoms. The maximum absolute atomic E-state index is 13.1. The summed E-state index contributed by atoms with van der Waals surface area (Å²) in [4.78, 5) is 36.7. The lowest BCUT2D eigenvalue weighted by Crippen LogP contribution is -2.63. The monoisotopic (exact) mass is 550 g/mol. The molecule has 1 aliphatic carbocycles. The van der Waals surface area contributed by atoms with E-state index in [1.54, 1.807) is 6.07 Å². The number of allylic oxidation sites excluding steroid dienone is 2. The van der Waals surface area contributed by atoms with Gasteiger partial charge in [-0.25, -0.2) is 12.7 Å². The van der Waals surface area contributed by atoms with Gasteiger partial charge in [0.2, 0.25) is 27.7 Å². The number of piperidine rings is 1. The lowest BCUT2D eigenvalue weighted by atomic mass is 9.82. The molecular weight excluding hydrogens is 511 g/mol. The number of nitrogens with two attached hydrogens (primary N) is 1. The van der Waals surface area contributed by atoms with Crippen LogP contribution in [0.15, 0.2) is 29.8 Å². The number of carbonyl (C=O) groups excluding carboxylic acids is 3. The van der Waals surface area contributed by atoms with Crippen molar-refractivity contribution in [3.8, 4) is 0 Å². The Labute approximate surface area is 224 Å². The topological polar surface area (TPSA) is 139 Å². The molecule has 1 saturated heterocycles. The first kappa shape index (κ1) is 29.8. The van der Waals surface area contributed by atoms with Crippen LogP contribution in [0.4, 0.5) is 10.1 Å². The van der Waals surface area contributed by atoms with Gasteiger partial charge in [-0.05, 0) is 81.5 Å². The molecule has 0 atom stereocenters. The fraction of sp³-hybridized carbons (Fsp3) is 0.593. The number of hydrogen-bond donors (Lipinski definition) is 3. The van der Waals surface area contributed by atoms with Crippen LogP contribution in [0.1, 0.15) is 63.0 Å². The Morgan fingerprint density at radius 2 is 1.84 bits per heavy atom. The second-order valence-electron chi connectivity index (χ2n) is 10.3. The number of nitrogens with one attached hydrogen (secondary N) is 2. The minimum atomic E-state index is -3.60. The molecule has 1 aromatic rings. The van der Waals surface area contributed by atoms with Crippen molar-refractivity contribution in [3.63, 3.8) is 0 Å². The summed E-state index contributed by atoms with van der Waals surface area (Å²) in [5.41, 5.74) is 8.01. The van der Waals surface area contributed by atoms with Gasteiger partial charge < -0.3 is 16.4 Å². The molecule has 1 saturated carbocycles. The van der Waals surface area contributed by atoms with Crippen LogP contribution in [0, 0.1) is 12.8 Å². The van der Waals surface area contributed by atoms with Gasteiger partial charge in [-0.15, -0.1) is 0 Å². The number of carbonyl (C=O) groups is 3. The zero-order chi connectivity index (χ0) is 27.9. The summed E-state index contributed by atoms with van der Waals surface area (Å²) >= 11 is 0. The summed E-state index contributed by atoms with van der Waals surface area (Å²) in [6.45, 7) is 3.08. The Hall–Kier alpha value is -2.79. The summed E-state index contributed by atoms with van der Waals surface area (Å²) in [6, 6.07) is 5.36. The first-order chi connectivity index (χ1) is 18.0. The predicted octanol–water partition coefficient (Wildman–Crippen LogP) is 2.74. The van der Waals surface area contributed by atoms with E-state index < -0.39 is 28.1 Å². The first-order valence-electron chi connectivity index (χ1n) is 13.2. The SMILES string of the molecule is CC(=O)Nc1ccc(CCS(=O)(=O)N2CCC(NC(=O)C3CCC(=CCCF)CC3)(C(N)=O)CC2)c(C)c1. The summed E-state index contributed by atoms with van der Waals surface area (Å²) in [5, 5.41) is 5.58. The van der Waals surface area contributed by atoms with Gasteiger partial charge in [-0.2, -0.15) is 0 Å². The number of hydrogen-bond acceptors (Lipinski definition) is 5. The number of amides is 3. The van der Waals surface area contributed by atoms with Crippen LogP contribution >= 0.6 is 0 Å². The molecule has 2 fully saturated rings. The molecule has 11 heteroatoms. The fourth-order valence-corrected chi connectivity index (χ4v) is 6.73. The smallest absolute Gasteiger partial charge is 0.243 e. The number of halogens is 1. The second kappa shape index (κ2) is 12.8. The molecule has 38 heavy (non-hydrogen) atoms. The minimum absolute atomic E-state index is 0.0901. The fourth-order valence-electron chi connectivity index (χ4n) is 5.26. The third-order valence-electron chi connectivity index (χ3n) is 7.64. The van der Waals surface area contributed by atoms with E-state index in [4.69, 9.17) is 5.73 Å². The largest absolute Gasteiger partial charge is 0.368 e. The van der Waals surface area contributed by atoms with Crippen LogP contribution in [-0.2, 0) is 30.8 Å². The highest BCUT2D eigenvalue weighted by molar-refractivity contribution is 7.89. The predicted molar refractivity (Wildman–Crippen MR) is 144 cm³/mol. The molecule has 0 aromatic heterocycles. The van der Waals surface area contributed by atoms with Crippen molar-refractivity contribution < 1.29 is 27.2 Å². The van der Waals surface area contributed by atoms with Crippen molar-refractivity contribution in [1.82, 2.24) is 9.62 Å². The maximum Gasteiger partial charge on any atom is 0.243 e. The summed E-state index contributed by atoms with van der Waals surface area (Å²) in [7, 11) is -3.60. The van der Waals surface area contributed by atoms with E-state index >= 15 is 0 Å². The number of nitrogens with zero attached hydrogens (tertiary/aromatic N) is 1. The van der Waals surface area contributed by atoms with Gasteiger partial charge >= 0.3 is 0 Å². The van der Waals surface area contributed by atoms with E-state index in [9.17, 15) is 27.2 Å². The second-order valence-corrected chi connectivity index (χ2v) is 12.4. The average Bonchev–Trinajstić information content (AvgIpc) is 2.87. The lowest BCUT2D eigenvalue weighted by Gasteiger charge is -2.40. The van der Waals surface area contributed by atoms with Crippen molar-refractivity contribution in [2.75, 3.05) is 30.8 Å². The van der Waals surface area contributed by atoms with Crippen LogP contribution < -0.4 is 16.4 Å². The Bertz CT molecular complexity index is 1170. The molecule has 3 amide bonds. The van der Waals surface area contributed by atoms with Gasteiger partial charge in [-0.3, -0.25) is 18.8 Å². The van der Waals surface area contributed by atoms with Crippen LogP contribution in [0.25, 0.3) is 0 Å². The first-order valence-corrected chi connectivity index (χ1v) is 14.8. The van der Waals surface area contributed by atoms with Crippen molar-refractivity contribution >= 4 is 33.4 Å². The van der Waals surface area contributed by atoms with Gasteiger partial charge in [0, 0.05) is 31.6 Å².